The van der Waals surface area contributed by atoms with Crippen molar-refractivity contribution >= 4 is 15.9 Å². The molecule has 6 nitrogen and oxygen atoms in total. The van der Waals surface area contributed by atoms with Gasteiger partial charge in [0.1, 0.15) is 0 Å². The quantitative estimate of drug-likeness (QED) is 0.611. The highest BCUT2D eigenvalue weighted by Gasteiger charge is 2.22. The molecule has 0 unspecified atom stereocenters. The molecule has 2 aromatic rings. The zero-order valence-corrected chi connectivity index (χ0v) is 17.5. The third kappa shape index (κ3) is 5.41. The van der Waals surface area contributed by atoms with Crippen LogP contribution in [0.1, 0.15) is 29.8 Å². The fourth-order valence-corrected chi connectivity index (χ4v) is 4.38. The van der Waals surface area contributed by atoms with Crippen molar-refractivity contribution in [3.63, 3.8) is 0 Å². The van der Waals surface area contributed by atoms with Crippen LogP contribution >= 0.6 is 0 Å². The minimum atomic E-state index is -3.54. The Morgan fingerprint density at radius 2 is 1.57 bits per heavy atom. The number of hydrogen-bond acceptors (Lipinski definition) is 4. The summed E-state index contributed by atoms with van der Waals surface area (Å²) < 4.78 is 31.7. The number of benzene rings is 2. The molecule has 2 aromatic carbocycles. The molecule has 0 saturated carbocycles. The maximum absolute atomic E-state index is 13.0. The molecule has 0 radical (unpaired) electrons. The lowest BCUT2D eigenvalue weighted by molar-refractivity contribution is 0.0680. The third-order valence-corrected chi connectivity index (χ3v) is 6.58. The van der Waals surface area contributed by atoms with Gasteiger partial charge in [0.2, 0.25) is 10.0 Å². The van der Waals surface area contributed by atoms with Crippen molar-refractivity contribution in [2.45, 2.75) is 25.3 Å². The summed E-state index contributed by atoms with van der Waals surface area (Å²) in [6.45, 7) is 5.74. The third-order valence-electron chi connectivity index (χ3n) is 4.51. The lowest BCUT2D eigenvalue weighted by atomic mass is 10.1. The lowest BCUT2D eigenvalue weighted by Crippen LogP contribution is -2.33. The first-order valence-electron chi connectivity index (χ1n) is 9.36. The summed E-state index contributed by atoms with van der Waals surface area (Å²) >= 11 is 0. The van der Waals surface area contributed by atoms with Crippen LogP contribution < -0.4 is 0 Å². The van der Waals surface area contributed by atoms with Crippen molar-refractivity contribution in [1.29, 1.82) is 0 Å². The Balaban J connectivity index is 2.22. The second-order valence-corrected chi connectivity index (χ2v) is 8.26. The number of carbonyl (C=O) groups excluding carboxylic acids is 1. The van der Waals surface area contributed by atoms with Gasteiger partial charge in [0.05, 0.1) is 11.5 Å². The first-order valence-corrected chi connectivity index (χ1v) is 10.8. The van der Waals surface area contributed by atoms with E-state index < -0.39 is 10.0 Å². The van der Waals surface area contributed by atoms with Crippen molar-refractivity contribution in [3.8, 4) is 0 Å². The van der Waals surface area contributed by atoms with Gasteiger partial charge in [0, 0.05) is 38.9 Å². The lowest BCUT2D eigenvalue weighted by Gasteiger charge is -2.23. The van der Waals surface area contributed by atoms with Gasteiger partial charge in [-0.25, -0.2) is 8.42 Å². The summed E-state index contributed by atoms with van der Waals surface area (Å²) in [7, 11) is -1.94. The smallest absolute Gasteiger partial charge is 0.254 e. The van der Waals surface area contributed by atoms with Crippen molar-refractivity contribution in [3.05, 3.63) is 65.7 Å². The van der Waals surface area contributed by atoms with Crippen molar-refractivity contribution in [1.82, 2.24) is 9.21 Å². The Morgan fingerprint density at radius 1 is 0.964 bits per heavy atom. The number of rotatable bonds is 10. The normalized spacial score (nSPS) is 11.6. The predicted octanol–water partition coefficient (Wildman–Crippen LogP) is 3.01. The second kappa shape index (κ2) is 10.4. The fraction of sp³-hybridized carbons (Fsp3) is 0.381. The molecule has 0 bridgehead atoms. The second-order valence-electron chi connectivity index (χ2n) is 6.32. The molecule has 0 aliphatic carbocycles. The Hall–Kier alpha value is -2.22. The monoisotopic (exact) mass is 404 g/mol. The molecule has 1 amide bonds. The molecule has 0 saturated heterocycles. The first-order chi connectivity index (χ1) is 13.4. The zero-order valence-electron chi connectivity index (χ0n) is 16.7. The Kier molecular flexibility index (Phi) is 8.17. The molecule has 7 heteroatoms. The number of carbonyl (C=O) groups is 1. The highest BCUT2D eigenvalue weighted by molar-refractivity contribution is 7.89. The van der Waals surface area contributed by atoms with Crippen LogP contribution in [0.25, 0.3) is 0 Å². The van der Waals surface area contributed by atoms with Crippen LogP contribution in [-0.2, 0) is 21.3 Å². The van der Waals surface area contributed by atoms with E-state index >= 15 is 0 Å². The summed E-state index contributed by atoms with van der Waals surface area (Å²) in [5.74, 6) is -0.160. The summed E-state index contributed by atoms with van der Waals surface area (Å²) in [4.78, 5) is 14.9. The van der Waals surface area contributed by atoms with E-state index in [2.05, 4.69) is 0 Å². The number of amides is 1. The molecule has 28 heavy (non-hydrogen) atoms. The SMILES string of the molecule is CCN(CC)S(=O)(=O)c1ccc(C(=O)N(CCOC)Cc2ccccc2)cc1. The van der Waals surface area contributed by atoms with Gasteiger partial charge < -0.3 is 9.64 Å². The van der Waals surface area contributed by atoms with Crippen LogP contribution in [0.3, 0.4) is 0 Å². The van der Waals surface area contributed by atoms with Crippen LogP contribution in [0.5, 0.6) is 0 Å². The van der Waals surface area contributed by atoms with E-state index in [0.717, 1.165) is 5.56 Å². The topological polar surface area (TPSA) is 66.9 Å². The minimum Gasteiger partial charge on any atom is -0.383 e. The van der Waals surface area contributed by atoms with Gasteiger partial charge in [0.25, 0.3) is 5.91 Å². The van der Waals surface area contributed by atoms with Crippen molar-refractivity contribution < 1.29 is 17.9 Å². The summed E-state index contributed by atoms with van der Waals surface area (Å²) in [6, 6.07) is 15.9. The molecular formula is C21H28N2O4S. The molecule has 0 aromatic heterocycles. The minimum absolute atomic E-state index is 0.160. The maximum atomic E-state index is 13.0. The van der Waals surface area contributed by atoms with Gasteiger partial charge in [-0.05, 0) is 29.8 Å². The Morgan fingerprint density at radius 3 is 2.11 bits per heavy atom. The Bertz CT molecular complexity index is 848. The number of ether oxygens (including phenoxy) is 1. The molecule has 0 spiro atoms. The van der Waals surface area contributed by atoms with E-state index in [0.29, 0.717) is 38.3 Å². The molecule has 0 aliphatic rings. The molecule has 0 aliphatic heterocycles. The molecule has 152 valence electrons. The summed E-state index contributed by atoms with van der Waals surface area (Å²) in [5.41, 5.74) is 1.47. The van der Waals surface area contributed by atoms with Crippen LogP contribution in [0.15, 0.2) is 59.5 Å². The molecule has 0 N–H and O–H groups in total. The van der Waals surface area contributed by atoms with E-state index in [1.165, 1.54) is 16.4 Å². The number of hydrogen-bond donors (Lipinski definition) is 0. The van der Waals surface area contributed by atoms with Crippen LogP contribution in [-0.4, -0.2) is 56.9 Å². The van der Waals surface area contributed by atoms with Gasteiger partial charge >= 0.3 is 0 Å². The average Bonchev–Trinajstić information content (AvgIpc) is 2.72. The number of sulfonamides is 1. The standard InChI is InChI=1S/C21H28N2O4S/c1-4-23(5-2)28(25,26)20-13-11-19(12-14-20)21(24)22(15-16-27-3)17-18-9-7-6-8-10-18/h6-14H,4-5,15-17H2,1-3H3. The van der Waals surface area contributed by atoms with Gasteiger partial charge in [-0.1, -0.05) is 44.2 Å². The fourth-order valence-electron chi connectivity index (χ4n) is 2.92. The van der Waals surface area contributed by atoms with Gasteiger partial charge in [-0.3, -0.25) is 4.79 Å². The maximum Gasteiger partial charge on any atom is 0.254 e. The van der Waals surface area contributed by atoms with Gasteiger partial charge in [-0.2, -0.15) is 4.31 Å². The Labute approximate surface area is 167 Å². The van der Waals surface area contributed by atoms with E-state index in [9.17, 15) is 13.2 Å². The molecule has 0 heterocycles. The molecule has 0 fully saturated rings. The van der Waals surface area contributed by atoms with Crippen molar-refractivity contribution in [2.24, 2.45) is 0 Å². The molecular weight excluding hydrogens is 376 g/mol. The highest BCUT2D eigenvalue weighted by atomic mass is 32.2. The van der Waals surface area contributed by atoms with E-state index in [4.69, 9.17) is 4.74 Å². The van der Waals surface area contributed by atoms with E-state index in [1.54, 1.807) is 38.0 Å². The van der Waals surface area contributed by atoms with Gasteiger partial charge in [0.15, 0.2) is 0 Å². The molecule has 2 rings (SSSR count). The number of methoxy groups -OCH3 is 1. The first kappa shape index (κ1) is 22.1. The molecule has 0 atom stereocenters. The summed E-state index contributed by atoms with van der Waals surface area (Å²) in [6.07, 6.45) is 0. The van der Waals surface area contributed by atoms with Crippen LogP contribution in [0.4, 0.5) is 0 Å². The predicted molar refractivity (Wildman–Crippen MR) is 110 cm³/mol. The van der Waals surface area contributed by atoms with Gasteiger partial charge in [-0.15, -0.1) is 0 Å². The van der Waals surface area contributed by atoms with Crippen LogP contribution in [0, 0.1) is 0 Å². The highest BCUT2D eigenvalue weighted by Crippen LogP contribution is 2.18. The van der Waals surface area contributed by atoms with Crippen molar-refractivity contribution in [2.75, 3.05) is 33.4 Å². The summed E-state index contributed by atoms with van der Waals surface area (Å²) in [5, 5.41) is 0. The average molecular weight is 405 g/mol. The van der Waals surface area contributed by atoms with E-state index in [-0.39, 0.29) is 10.8 Å². The number of nitrogens with zero attached hydrogens (tertiary/aromatic N) is 2. The van der Waals surface area contributed by atoms with E-state index in [1.807, 2.05) is 30.3 Å². The van der Waals surface area contributed by atoms with Crippen LogP contribution in [0.2, 0.25) is 0 Å². The zero-order chi connectivity index (χ0) is 20.6. The largest absolute Gasteiger partial charge is 0.383 e.